The van der Waals surface area contributed by atoms with Crippen LogP contribution in [-0.4, -0.2) is 44.4 Å². The molecule has 2 heterocycles. The van der Waals surface area contributed by atoms with Gasteiger partial charge in [0.05, 0.1) is 0 Å². The summed E-state index contributed by atoms with van der Waals surface area (Å²) in [6.45, 7) is 8.56. The van der Waals surface area contributed by atoms with Crippen molar-refractivity contribution in [2.75, 3.05) is 19.6 Å². The quantitative estimate of drug-likeness (QED) is 0.813. The minimum absolute atomic E-state index is 0.0776. The van der Waals surface area contributed by atoms with E-state index in [0.29, 0.717) is 31.0 Å². The van der Waals surface area contributed by atoms with E-state index >= 15 is 0 Å². The van der Waals surface area contributed by atoms with Gasteiger partial charge in [0.25, 0.3) is 10.2 Å². The standard InChI is InChI=1S/C13H27N3O2S/c1-10-6-11(2)9-16(8-10)19(17,18)15-13-4-5-14-12(3)7-13/h10-15H,4-9H2,1-3H3. The molecule has 2 aliphatic heterocycles. The molecule has 2 aliphatic rings. The van der Waals surface area contributed by atoms with Gasteiger partial charge in [-0.3, -0.25) is 0 Å². The Balaban J connectivity index is 1.97. The normalized spacial score (nSPS) is 38.3. The Bertz CT molecular complexity index is 389. The molecule has 0 aromatic rings. The van der Waals surface area contributed by atoms with E-state index in [1.165, 1.54) is 0 Å². The molecule has 2 fully saturated rings. The van der Waals surface area contributed by atoms with Crippen molar-refractivity contribution in [1.82, 2.24) is 14.3 Å². The molecule has 5 nitrogen and oxygen atoms in total. The lowest BCUT2D eigenvalue weighted by atomic mass is 9.94. The lowest BCUT2D eigenvalue weighted by Crippen LogP contribution is -2.53. The number of nitrogens with one attached hydrogen (secondary N) is 2. The third-order valence-corrected chi connectivity index (χ3v) is 5.72. The molecule has 0 aromatic carbocycles. The summed E-state index contributed by atoms with van der Waals surface area (Å²) in [5.41, 5.74) is 0. The first-order valence-corrected chi connectivity index (χ1v) is 8.81. The summed E-state index contributed by atoms with van der Waals surface area (Å²) in [4.78, 5) is 0. The molecule has 0 bridgehead atoms. The smallest absolute Gasteiger partial charge is 0.279 e. The molecule has 2 N–H and O–H groups in total. The first-order chi connectivity index (χ1) is 8.87. The van der Waals surface area contributed by atoms with Crippen molar-refractivity contribution >= 4 is 10.2 Å². The minimum Gasteiger partial charge on any atom is -0.314 e. The Labute approximate surface area is 117 Å². The molecular formula is C13H27N3O2S. The summed E-state index contributed by atoms with van der Waals surface area (Å²) in [6, 6.07) is 0.467. The number of piperidine rings is 2. The van der Waals surface area contributed by atoms with Gasteiger partial charge in [-0.2, -0.15) is 17.4 Å². The highest BCUT2D eigenvalue weighted by molar-refractivity contribution is 7.87. The summed E-state index contributed by atoms with van der Waals surface area (Å²) < 4.78 is 29.4. The molecule has 2 rings (SSSR count). The molecular weight excluding hydrogens is 262 g/mol. The SMILES string of the molecule is CC1CC(C)CN(S(=O)(=O)NC2CCNC(C)C2)C1. The third kappa shape index (κ3) is 4.15. The van der Waals surface area contributed by atoms with Crippen LogP contribution in [0.1, 0.15) is 40.0 Å². The fourth-order valence-electron chi connectivity index (χ4n) is 3.33. The van der Waals surface area contributed by atoms with Crippen molar-refractivity contribution in [3.05, 3.63) is 0 Å². The van der Waals surface area contributed by atoms with Crippen molar-refractivity contribution in [2.24, 2.45) is 11.8 Å². The van der Waals surface area contributed by atoms with Gasteiger partial charge in [0.15, 0.2) is 0 Å². The molecule has 0 radical (unpaired) electrons. The number of nitrogens with zero attached hydrogens (tertiary/aromatic N) is 1. The Hall–Kier alpha value is -0.170. The molecule has 19 heavy (non-hydrogen) atoms. The molecule has 2 saturated heterocycles. The van der Waals surface area contributed by atoms with E-state index in [0.717, 1.165) is 25.8 Å². The van der Waals surface area contributed by atoms with Crippen LogP contribution in [0.5, 0.6) is 0 Å². The summed E-state index contributed by atoms with van der Waals surface area (Å²) in [7, 11) is -3.32. The molecule has 4 unspecified atom stereocenters. The fourth-order valence-corrected chi connectivity index (χ4v) is 5.01. The van der Waals surface area contributed by atoms with Gasteiger partial charge >= 0.3 is 0 Å². The third-order valence-electron chi connectivity index (χ3n) is 4.11. The van der Waals surface area contributed by atoms with E-state index in [2.05, 4.69) is 30.8 Å². The zero-order valence-electron chi connectivity index (χ0n) is 12.2. The largest absolute Gasteiger partial charge is 0.314 e. The van der Waals surface area contributed by atoms with Crippen LogP contribution in [0.25, 0.3) is 0 Å². The molecule has 112 valence electrons. The van der Waals surface area contributed by atoms with Gasteiger partial charge in [0.1, 0.15) is 0 Å². The van der Waals surface area contributed by atoms with E-state index in [1.807, 2.05) is 0 Å². The van der Waals surface area contributed by atoms with Gasteiger partial charge in [-0.15, -0.1) is 0 Å². The van der Waals surface area contributed by atoms with Crippen LogP contribution in [-0.2, 0) is 10.2 Å². The predicted octanol–water partition coefficient (Wildman–Crippen LogP) is 0.939. The second kappa shape index (κ2) is 6.08. The van der Waals surface area contributed by atoms with Gasteiger partial charge in [-0.25, -0.2) is 0 Å². The van der Waals surface area contributed by atoms with Crippen molar-refractivity contribution in [1.29, 1.82) is 0 Å². The second-order valence-electron chi connectivity index (χ2n) is 6.46. The second-order valence-corrected chi connectivity index (χ2v) is 8.16. The van der Waals surface area contributed by atoms with Crippen LogP contribution in [0.15, 0.2) is 0 Å². The molecule has 6 heteroatoms. The van der Waals surface area contributed by atoms with Gasteiger partial charge in [-0.1, -0.05) is 13.8 Å². The van der Waals surface area contributed by atoms with Crippen LogP contribution in [0.4, 0.5) is 0 Å². The maximum absolute atomic E-state index is 12.4. The van der Waals surface area contributed by atoms with Crippen LogP contribution < -0.4 is 10.0 Å². The first-order valence-electron chi connectivity index (χ1n) is 7.37. The van der Waals surface area contributed by atoms with Crippen molar-refractivity contribution in [3.63, 3.8) is 0 Å². The number of rotatable bonds is 3. The zero-order chi connectivity index (χ0) is 14.0. The van der Waals surface area contributed by atoms with E-state index < -0.39 is 10.2 Å². The van der Waals surface area contributed by atoms with E-state index in [1.54, 1.807) is 4.31 Å². The van der Waals surface area contributed by atoms with E-state index in [9.17, 15) is 8.42 Å². The molecule has 4 atom stereocenters. The van der Waals surface area contributed by atoms with E-state index in [-0.39, 0.29) is 6.04 Å². The first kappa shape index (κ1) is 15.2. The summed E-state index contributed by atoms with van der Waals surface area (Å²) in [6.07, 6.45) is 2.87. The number of hydrogen-bond donors (Lipinski definition) is 2. The van der Waals surface area contributed by atoms with E-state index in [4.69, 9.17) is 0 Å². The van der Waals surface area contributed by atoms with Crippen LogP contribution >= 0.6 is 0 Å². The lowest BCUT2D eigenvalue weighted by molar-refractivity contribution is 0.218. The topological polar surface area (TPSA) is 61.4 Å². The van der Waals surface area contributed by atoms with Crippen LogP contribution in [0, 0.1) is 11.8 Å². The zero-order valence-corrected chi connectivity index (χ0v) is 13.0. The molecule has 0 aliphatic carbocycles. The fraction of sp³-hybridized carbons (Fsp3) is 1.00. The minimum atomic E-state index is -3.32. The van der Waals surface area contributed by atoms with Crippen molar-refractivity contribution in [2.45, 2.75) is 52.1 Å². The predicted molar refractivity (Wildman–Crippen MR) is 77.1 cm³/mol. The summed E-state index contributed by atoms with van der Waals surface area (Å²) >= 11 is 0. The highest BCUT2D eigenvalue weighted by Gasteiger charge is 2.32. The average molecular weight is 289 g/mol. The molecule has 0 spiro atoms. The average Bonchev–Trinajstić information content (AvgIpc) is 2.26. The van der Waals surface area contributed by atoms with Crippen molar-refractivity contribution in [3.8, 4) is 0 Å². The van der Waals surface area contributed by atoms with Gasteiger partial charge in [0, 0.05) is 25.2 Å². The Kier molecular flexibility index (Phi) is 4.87. The highest BCUT2D eigenvalue weighted by atomic mass is 32.2. The van der Waals surface area contributed by atoms with Gasteiger partial charge in [0.2, 0.25) is 0 Å². The number of hydrogen-bond acceptors (Lipinski definition) is 3. The van der Waals surface area contributed by atoms with Crippen molar-refractivity contribution < 1.29 is 8.42 Å². The van der Waals surface area contributed by atoms with Gasteiger partial charge < -0.3 is 5.32 Å². The Morgan fingerprint density at radius 1 is 1.11 bits per heavy atom. The van der Waals surface area contributed by atoms with Crippen LogP contribution in [0.3, 0.4) is 0 Å². The van der Waals surface area contributed by atoms with Gasteiger partial charge in [-0.05, 0) is 44.6 Å². The maximum Gasteiger partial charge on any atom is 0.279 e. The molecule has 0 aromatic heterocycles. The summed E-state index contributed by atoms with van der Waals surface area (Å²) in [5, 5.41) is 3.34. The lowest BCUT2D eigenvalue weighted by Gasteiger charge is -2.36. The molecule has 0 saturated carbocycles. The Morgan fingerprint density at radius 3 is 2.32 bits per heavy atom. The monoisotopic (exact) mass is 289 g/mol. The maximum atomic E-state index is 12.4. The summed E-state index contributed by atoms with van der Waals surface area (Å²) in [5.74, 6) is 0.902. The Morgan fingerprint density at radius 2 is 1.74 bits per heavy atom. The molecule has 0 amide bonds. The highest BCUT2D eigenvalue weighted by Crippen LogP contribution is 2.23. The van der Waals surface area contributed by atoms with Crippen LogP contribution in [0.2, 0.25) is 0 Å².